The lowest BCUT2D eigenvalue weighted by atomic mass is 10.1. The highest BCUT2D eigenvalue weighted by atomic mass is 32.2. The second kappa shape index (κ2) is 8.69. The van der Waals surface area contributed by atoms with E-state index in [0.29, 0.717) is 16.5 Å². The van der Waals surface area contributed by atoms with Crippen molar-refractivity contribution in [1.29, 1.82) is 0 Å². The fourth-order valence-corrected chi connectivity index (χ4v) is 3.79. The number of nitrogens with zero attached hydrogens (tertiary/aromatic N) is 4. The lowest BCUT2D eigenvalue weighted by molar-refractivity contribution is -0.137. The summed E-state index contributed by atoms with van der Waals surface area (Å²) in [7, 11) is -2.32. The van der Waals surface area contributed by atoms with E-state index >= 15 is 0 Å². The molecule has 8 nitrogen and oxygen atoms in total. The van der Waals surface area contributed by atoms with Crippen molar-refractivity contribution in [3.8, 4) is 11.6 Å². The topological polar surface area (TPSA) is 104 Å². The van der Waals surface area contributed by atoms with Crippen molar-refractivity contribution >= 4 is 26.3 Å². The van der Waals surface area contributed by atoms with Gasteiger partial charge in [0.1, 0.15) is 17.3 Å². The fraction of sp³-hybridized carbons (Fsp3) is 0.300. The Kier molecular flexibility index (Phi) is 6.35. The molecule has 0 fully saturated rings. The Morgan fingerprint density at radius 2 is 1.94 bits per heavy atom. The van der Waals surface area contributed by atoms with Gasteiger partial charge in [0.2, 0.25) is 0 Å². The van der Waals surface area contributed by atoms with Gasteiger partial charge >= 0.3 is 6.18 Å². The maximum Gasteiger partial charge on any atom is 0.416 e. The van der Waals surface area contributed by atoms with Crippen LogP contribution in [0.25, 0.3) is 16.6 Å². The monoisotopic (exact) mass is 468 g/mol. The zero-order chi connectivity index (χ0) is 23.7. The van der Waals surface area contributed by atoms with Crippen molar-refractivity contribution in [2.24, 2.45) is 4.99 Å². The fourth-order valence-electron chi connectivity index (χ4n) is 2.76. The maximum absolute atomic E-state index is 13.1. The summed E-state index contributed by atoms with van der Waals surface area (Å²) in [5.41, 5.74) is -1.29. The molecule has 0 aliphatic rings. The van der Waals surface area contributed by atoms with E-state index in [0.717, 1.165) is 12.1 Å². The Hall–Kier alpha value is -3.28. The molecule has 3 rings (SSSR count). The number of ether oxygens (including phenoxy) is 1. The summed E-state index contributed by atoms with van der Waals surface area (Å²) in [6.07, 6.45) is -2.27. The number of rotatable bonds is 6. The van der Waals surface area contributed by atoms with Gasteiger partial charge in [-0.1, -0.05) is 13.0 Å². The predicted molar refractivity (Wildman–Crippen MR) is 112 cm³/mol. The summed E-state index contributed by atoms with van der Waals surface area (Å²) < 4.78 is 70.8. The van der Waals surface area contributed by atoms with Gasteiger partial charge in [-0.25, -0.2) is 13.4 Å². The largest absolute Gasteiger partial charge is 0.486 e. The van der Waals surface area contributed by atoms with Crippen molar-refractivity contribution in [2.75, 3.05) is 19.4 Å². The molecule has 2 heterocycles. The van der Waals surface area contributed by atoms with E-state index in [1.807, 2.05) is 0 Å². The summed E-state index contributed by atoms with van der Waals surface area (Å²) in [4.78, 5) is 20.6. The predicted octanol–water partition coefficient (Wildman–Crippen LogP) is 3.06. The molecule has 0 saturated heterocycles. The van der Waals surface area contributed by atoms with Crippen LogP contribution >= 0.6 is 0 Å². The average molecular weight is 468 g/mol. The van der Waals surface area contributed by atoms with Crippen LogP contribution in [0.15, 0.2) is 51.3 Å². The molecule has 170 valence electrons. The average Bonchev–Trinajstić information content (AvgIpc) is 2.77. The Labute approximate surface area is 181 Å². The first kappa shape index (κ1) is 23.4. The van der Waals surface area contributed by atoms with Crippen LogP contribution in [0.4, 0.5) is 13.2 Å². The molecule has 0 N–H and O–H groups in total. The lowest BCUT2D eigenvalue weighted by Gasteiger charge is -2.13. The van der Waals surface area contributed by atoms with Crippen LogP contribution < -0.4 is 10.3 Å². The third-order valence-electron chi connectivity index (χ3n) is 4.67. The van der Waals surface area contributed by atoms with Gasteiger partial charge in [0.05, 0.1) is 29.1 Å². The van der Waals surface area contributed by atoms with Crippen LogP contribution in [0.3, 0.4) is 0 Å². The number of pyridine rings is 1. The van der Waals surface area contributed by atoms with Crippen LogP contribution in [0.2, 0.25) is 0 Å². The molecule has 0 aliphatic carbocycles. The second-order valence-corrected chi connectivity index (χ2v) is 9.05. The minimum Gasteiger partial charge on any atom is -0.486 e. The highest BCUT2D eigenvalue weighted by molar-refractivity contribution is 7.91. The first-order valence-corrected chi connectivity index (χ1v) is 11.0. The van der Waals surface area contributed by atoms with Gasteiger partial charge in [0.25, 0.3) is 5.56 Å². The first-order valence-electron chi connectivity index (χ1n) is 9.35. The highest BCUT2D eigenvalue weighted by Crippen LogP contribution is 2.31. The molecule has 12 heteroatoms. The van der Waals surface area contributed by atoms with Crippen LogP contribution in [-0.2, 0) is 16.0 Å². The van der Waals surface area contributed by atoms with Crippen LogP contribution in [0, 0.1) is 0 Å². The Morgan fingerprint density at radius 1 is 1.22 bits per heavy atom. The number of benzene rings is 1. The first-order chi connectivity index (χ1) is 15.0. The molecule has 0 aliphatic heterocycles. The number of aromatic nitrogens is 3. The zero-order valence-corrected chi connectivity index (χ0v) is 18.2. The van der Waals surface area contributed by atoms with Gasteiger partial charge in [-0.05, 0) is 19.1 Å². The number of hydrogen-bond donors (Lipinski definition) is 0. The second-order valence-electron chi connectivity index (χ2n) is 6.81. The molecule has 32 heavy (non-hydrogen) atoms. The van der Waals surface area contributed by atoms with Crippen LogP contribution in [0.5, 0.6) is 5.75 Å². The van der Waals surface area contributed by atoms with Gasteiger partial charge in [-0.15, -0.1) is 0 Å². The van der Waals surface area contributed by atoms with Gasteiger partial charge in [-0.2, -0.15) is 23.0 Å². The van der Waals surface area contributed by atoms with E-state index in [1.165, 1.54) is 25.4 Å². The molecule has 0 unspecified atom stereocenters. The Bertz CT molecular complexity index is 1370. The van der Waals surface area contributed by atoms with E-state index < -0.39 is 27.1 Å². The van der Waals surface area contributed by atoms with Crippen LogP contribution in [-0.4, -0.2) is 48.3 Å². The number of sulfone groups is 1. The quantitative estimate of drug-likeness (QED) is 0.515. The normalized spacial score (nSPS) is 12.9. The minimum absolute atomic E-state index is 0.0948. The lowest BCUT2D eigenvalue weighted by Crippen LogP contribution is -2.25. The Morgan fingerprint density at radius 3 is 2.56 bits per heavy atom. The van der Waals surface area contributed by atoms with E-state index in [4.69, 9.17) is 4.74 Å². The van der Waals surface area contributed by atoms with Crippen molar-refractivity contribution in [2.45, 2.75) is 24.9 Å². The molecular formula is C20H19F3N4O4S. The summed E-state index contributed by atoms with van der Waals surface area (Å²) >= 11 is 0. The zero-order valence-electron chi connectivity index (χ0n) is 17.3. The molecule has 0 atom stereocenters. The van der Waals surface area contributed by atoms with E-state index in [-0.39, 0.29) is 39.6 Å². The molecule has 1 aromatic carbocycles. The summed E-state index contributed by atoms with van der Waals surface area (Å²) in [6.45, 7) is 3.23. The smallest absolute Gasteiger partial charge is 0.416 e. The summed E-state index contributed by atoms with van der Waals surface area (Å²) in [6, 6.07) is 3.87. The maximum atomic E-state index is 13.1. The molecule has 0 amide bonds. The number of fused-ring (bicyclic) bond motifs is 1. The highest BCUT2D eigenvalue weighted by Gasteiger charge is 2.31. The third kappa shape index (κ3) is 4.64. The molecule has 3 aromatic rings. The van der Waals surface area contributed by atoms with Crippen molar-refractivity contribution < 1.29 is 26.3 Å². The van der Waals surface area contributed by atoms with Crippen molar-refractivity contribution in [3.63, 3.8) is 0 Å². The summed E-state index contributed by atoms with van der Waals surface area (Å²) in [5.74, 6) is -0.512. The Balaban J connectivity index is 2.21. The van der Waals surface area contributed by atoms with E-state index in [2.05, 4.69) is 15.1 Å². The molecule has 0 radical (unpaired) electrons. The molecule has 2 aromatic heterocycles. The molecule has 0 saturated carbocycles. The minimum atomic E-state index is -4.65. The number of hydrogen-bond acceptors (Lipinski definition) is 7. The molecule has 0 bridgehead atoms. The van der Waals surface area contributed by atoms with E-state index in [9.17, 15) is 26.4 Å². The van der Waals surface area contributed by atoms with Gasteiger partial charge < -0.3 is 4.74 Å². The molecule has 0 spiro atoms. The number of alkyl halides is 3. The summed E-state index contributed by atoms with van der Waals surface area (Å²) in [5, 5.41) is 3.83. The van der Waals surface area contributed by atoms with Crippen molar-refractivity contribution in [3.05, 3.63) is 52.6 Å². The number of halogens is 3. The van der Waals surface area contributed by atoms with Gasteiger partial charge in [-0.3, -0.25) is 9.79 Å². The van der Waals surface area contributed by atoms with Gasteiger partial charge in [0, 0.05) is 24.2 Å². The molecular weight excluding hydrogens is 449 g/mol. The standard InChI is InChI=1S/C20H19F3N4O4S/c1-4-32(29,30)17-8-15(31-11-12(2)24-3)10-25-18(17)27-19(28)16-7-14(20(21,22)23)6-5-13(16)9-26-27/h5-10H,4,11H2,1-3H3. The number of aliphatic imine (C=N–C) groups is 1. The van der Waals surface area contributed by atoms with Crippen molar-refractivity contribution in [1.82, 2.24) is 14.8 Å². The van der Waals surface area contributed by atoms with Crippen LogP contribution in [0.1, 0.15) is 19.4 Å². The third-order valence-corrected chi connectivity index (χ3v) is 6.40. The van der Waals surface area contributed by atoms with E-state index in [1.54, 1.807) is 14.0 Å². The van der Waals surface area contributed by atoms with Gasteiger partial charge in [0.15, 0.2) is 15.7 Å². The SMILES string of the molecule is CCS(=O)(=O)c1cc(OCC(C)=NC)cnc1-n1ncc2ccc(C(F)(F)F)cc2c1=O.